The number of carbonyl (C=O) groups is 2. The van der Waals surface area contributed by atoms with Crippen molar-refractivity contribution in [3.05, 3.63) is 65.9 Å². The summed E-state index contributed by atoms with van der Waals surface area (Å²) in [5, 5.41) is 12.1. The van der Waals surface area contributed by atoms with Crippen molar-refractivity contribution in [2.24, 2.45) is 10.7 Å². The van der Waals surface area contributed by atoms with Gasteiger partial charge in [-0.25, -0.2) is 0 Å². The van der Waals surface area contributed by atoms with Gasteiger partial charge in [0.2, 0.25) is 0 Å². The van der Waals surface area contributed by atoms with E-state index in [-0.39, 0.29) is 23.9 Å². The molecule has 186 valence electrons. The Labute approximate surface area is 205 Å². The van der Waals surface area contributed by atoms with Gasteiger partial charge in [-0.3, -0.25) is 9.59 Å². The normalized spacial score (nSPS) is 15.1. The number of ether oxygens (including phenoxy) is 2. The molecule has 0 aliphatic carbocycles. The highest BCUT2D eigenvalue weighted by atomic mass is 16.5. The predicted molar refractivity (Wildman–Crippen MR) is 134 cm³/mol. The van der Waals surface area contributed by atoms with Gasteiger partial charge in [-0.1, -0.05) is 0 Å². The first kappa shape index (κ1) is 25.8. The minimum Gasteiger partial charge on any atom is -0.488 e. The Morgan fingerprint density at radius 1 is 1.09 bits per heavy atom. The van der Waals surface area contributed by atoms with Crippen molar-refractivity contribution in [2.45, 2.75) is 32.3 Å². The molecule has 3 rings (SSSR count). The van der Waals surface area contributed by atoms with Crippen LogP contribution in [0.3, 0.4) is 0 Å². The second-order valence-corrected chi connectivity index (χ2v) is 8.25. The molecule has 1 fully saturated rings. The molecule has 1 saturated heterocycles. The number of nitrogens with two attached hydrogens (primary N) is 1. The minimum atomic E-state index is -0.572. The number of nitrogens with zero attached hydrogens (tertiary/aromatic N) is 2. The Morgan fingerprint density at radius 2 is 1.77 bits per heavy atom. The maximum absolute atomic E-state index is 12.7. The van der Waals surface area contributed by atoms with E-state index in [1.807, 2.05) is 4.90 Å². The largest absolute Gasteiger partial charge is 0.488 e. The van der Waals surface area contributed by atoms with Gasteiger partial charge in [-0.2, -0.15) is 4.99 Å². The summed E-state index contributed by atoms with van der Waals surface area (Å²) in [5.41, 5.74) is 6.58. The number of aliphatic hydroxyl groups is 1. The number of hydrogen-bond donors (Lipinski definition) is 3. The van der Waals surface area contributed by atoms with Crippen LogP contribution in [0.5, 0.6) is 17.2 Å². The molecule has 9 heteroatoms. The molecule has 1 atom stereocenters. The van der Waals surface area contributed by atoms with E-state index < -0.39 is 12.0 Å². The number of piperidine rings is 1. The van der Waals surface area contributed by atoms with E-state index in [1.165, 1.54) is 18.2 Å². The standard InChI is InChI=1S/C26H32N4O5/c1-18(17-31)34-22-14-20(25(32)29-24(27)10-11-28-2)15-23(16-22)35-21-8-6-19(7-9-21)26(33)30-12-4-3-5-13-30/h6-11,14-16,18,28,31H,3-5,12-13,17H2,1-2H3,(H2,27,29,32)/b11-10-/t18-/m0/s1. The molecule has 1 heterocycles. The average molecular weight is 481 g/mol. The van der Waals surface area contributed by atoms with Crippen LogP contribution in [0.15, 0.2) is 59.7 Å². The average Bonchev–Trinajstić information content (AvgIpc) is 2.87. The van der Waals surface area contributed by atoms with E-state index in [0.29, 0.717) is 22.8 Å². The zero-order valence-corrected chi connectivity index (χ0v) is 20.1. The molecular weight excluding hydrogens is 448 g/mol. The monoisotopic (exact) mass is 480 g/mol. The topological polar surface area (TPSA) is 126 Å². The van der Waals surface area contributed by atoms with E-state index in [0.717, 1.165) is 32.4 Å². The van der Waals surface area contributed by atoms with Crippen LogP contribution < -0.4 is 20.5 Å². The Bertz CT molecular complexity index is 1080. The van der Waals surface area contributed by atoms with Crippen LogP contribution in [0, 0.1) is 0 Å². The number of aliphatic hydroxyl groups excluding tert-OH is 1. The lowest BCUT2D eigenvalue weighted by Crippen LogP contribution is -2.35. The first-order valence-electron chi connectivity index (χ1n) is 11.6. The number of amidine groups is 1. The highest BCUT2D eigenvalue weighted by Crippen LogP contribution is 2.29. The summed E-state index contributed by atoms with van der Waals surface area (Å²) in [7, 11) is 1.70. The first-order chi connectivity index (χ1) is 16.9. The fourth-order valence-corrected chi connectivity index (χ4v) is 3.56. The molecule has 0 spiro atoms. The van der Waals surface area contributed by atoms with Crippen molar-refractivity contribution in [1.29, 1.82) is 0 Å². The molecule has 1 aliphatic rings. The summed E-state index contributed by atoms with van der Waals surface area (Å²) in [6.07, 6.45) is 5.76. The predicted octanol–water partition coefficient (Wildman–Crippen LogP) is 3.10. The van der Waals surface area contributed by atoms with Gasteiger partial charge < -0.3 is 30.5 Å². The maximum Gasteiger partial charge on any atom is 0.279 e. The number of aliphatic imine (C=N–C) groups is 1. The Hall–Kier alpha value is -3.85. The van der Waals surface area contributed by atoms with Crippen LogP contribution >= 0.6 is 0 Å². The summed E-state index contributed by atoms with van der Waals surface area (Å²) >= 11 is 0. The van der Waals surface area contributed by atoms with E-state index in [9.17, 15) is 14.7 Å². The molecule has 2 aromatic carbocycles. The maximum atomic E-state index is 12.7. The summed E-state index contributed by atoms with van der Waals surface area (Å²) < 4.78 is 11.6. The molecular formula is C26H32N4O5. The number of rotatable bonds is 9. The van der Waals surface area contributed by atoms with Gasteiger partial charge >= 0.3 is 0 Å². The van der Waals surface area contributed by atoms with Crippen LogP contribution in [0.4, 0.5) is 0 Å². The van der Waals surface area contributed by atoms with E-state index in [4.69, 9.17) is 15.2 Å². The van der Waals surface area contributed by atoms with Crippen molar-refractivity contribution in [3.8, 4) is 17.2 Å². The molecule has 0 saturated carbocycles. The van der Waals surface area contributed by atoms with Gasteiger partial charge in [0.15, 0.2) is 0 Å². The lowest BCUT2D eigenvalue weighted by molar-refractivity contribution is 0.0724. The van der Waals surface area contributed by atoms with Crippen LogP contribution in [0.2, 0.25) is 0 Å². The van der Waals surface area contributed by atoms with Gasteiger partial charge in [-0.05, 0) is 74.9 Å². The summed E-state index contributed by atoms with van der Waals surface area (Å²) in [6.45, 7) is 3.07. The number of likely N-dealkylation sites (tertiary alicyclic amines) is 1. The first-order valence-corrected chi connectivity index (χ1v) is 11.6. The Balaban J connectivity index is 1.81. The second-order valence-electron chi connectivity index (χ2n) is 8.25. The SMILES string of the molecule is CN/C=C\C(N)=NC(=O)c1cc(Oc2ccc(C(=O)N3CCCCC3)cc2)cc(O[C@@H](C)CO)c1. The molecule has 0 radical (unpaired) electrons. The van der Waals surface area contributed by atoms with Crippen molar-refractivity contribution >= 4 is 17.6 Å². The molecule has 1 aliphatic heterocycles. The van der Waals surface area contributed by atoms with Gasteiger partial charge in [0.1, 0.15) is 29.2 Å². The van der Waals surface area contributed by atoms with E-state index >= 15 is 0 Å². The zero-order chi connectivity index (χ0) is 25.2. The number of nitrogens with one attached hydrogen (secondary N) is 1. The quantitative estimate of drug-likeness (QED) is 0.372. The van der Waals surface area contributed by atoms with E-state index in [1.54, 1.807) is 50.5 Å². The van der Waals surface area contributed by atoms with Gasteiger partial charge in [0.05, 0.1) is 6.61 Å². The summed E-state index contributed by atoms with van der Waals surface area (Å²) in [4.78, 5) is 31.1. The van der Waals surface area contributed by atoms with Crippen LogP contribution in [-0.2, 0) is 0 Å². The third kappa shape index (κ3) is 7.58. The molecule has 2 amide bonds. The number of hydrogen-bond acceptors (Lipinski definition) is 6. The Morgan fingerprint density at radius 3 is 2.43 bits per heavy atom. The smallest absolute Gasteiger partial charge is 0.279 e. The van der Waals surface area contributed by atoms with Crippen molar-refractivity contribution < 1.29 is 24.2 Å². The van der Waals surface area contributed by atoms with Gasteiger partial charge in [-0.15, -0.1) is 0 Å². The third-order valence-corrected chi connectivity index (χ3v) is 5.35. The van der Waals surface area contributed by atoms with Crippen LogP contribution in [0.25, 0.3) is 0 Å². The molecule has 0 aromatic heterocycles. The van der Waals surface area contributed by atoms with Gasteiger partial charge in [0, 0.05) is 37.3 Å². The number of amides is 2. The van der Waals surface area contributed by atoms with Crippen LogP contribution in [0.1, 0.15) is 46.9 Å². The highest BCUT2D eigenvalue weighted by Gasteiger charge is 2.18. The molecule has 9 nitrogen and oxygen atoms in total. The lowest BCUT2D eigenvalue weighted by atomic mass is 10.1. The van der Waals surface area contributed by atoms with E-state index in [2.05, 4.69) is 10.3 Å². The number of carbonyl (C=O) groups excluding carboxylic acids is 2. The summed E-state index contributed by atoms with van der Waals surface area (Å²) in [5.74, 6) is 0.647. The van der Waals surface area contributed by atoms with Crippen molar-refractivity contribution in [1.82, 2.24) is 10.2 Å². The summed E-state index contributed by atoms with van der Waals surface area (Å²) in [6, 6.07) is 11.5. The highest BCUT2D eigenvalue weighted by molar-refractivity contribution is 6.06. The zero-order valence-electron chi connectivity index (χ0n) is 20.1. The lowest BCUT2D eigenvalue weighted by Gasteiger charge is -2.26. The minimum absolute atomic E-state index is 0.0142. The third-order valence-electron chi connectivity index (χ3n) is 5.35. The molecule has 0 bridgehead atoms. The van der Waals surface area contributed by atoms with Gasteiger partial charge in [0.25, 0.3) is 11.8 Å². The van der Waals surface area contributed by atoms with Crippen molar-refractivity contribution in [2.75, 3.05) is 26.7 Å². The number of benzene rings is 2. The molecule has 2 aromatic rings. The Kier molecular flexibility index (Phi) is 9.25. The fraction of sp³-hybridized carbons (Fsp3) is 0.346. The fourth-order valence-electron chi connectivity index (χ4n) is 3.56. The van der Waals surface area contributed by atoms with Crippen molar-refractivity contribution in [3.63, 3.8) is 0 Å². The molecule has 4 N–H and O–H groups in total. The molecule has 35 heavy (non-hydrogen) atoms. The second kappa shape index (κ2) is 12.6. The molecule has 0 unspecified atom stereocenters. The van der Waals surface area contributed by atoms with Crippen LogP contribution in [-0.4, -0.2) is 60.5 Å².